The van der Waals surface area contributed by atoms with Crippen LogP contribution < -0.4 is 27.8 Å². The van der Waals surface area contributed by atoms with Crippen LogP contribution in [0.5, 0.6) is 0 Å². The van der Waals surface area contributed by atoms with Gasteiger partial charge in [-0.05, 0) is 25.2 Å². The monoisotopic (exact) mass is 402 g/mol. The first-order valence-electron chi connectivity index (χ1n) is 8.80. The van der Waals surface area contributed by atoms with Crippen molar-refractivity contribution in [3.05, 3.63) is 0 Å². The van der Waals surface area contributed by atoms with Crippen LogP contribution >= 0.6 is 0 Å². The Morgan fingerprint density at radius 2 is 1.57 bits per heavy atom. The molecule has 10 N–H and O–H groups in total. The van der Waals surface area contributed by atoms with Crippen LogP contribution in [0, 0.1) is 5.92 Å². The Labute approximate surface area is 162 Å². The van der Waals surface area contributed by atoms with Gasteiger partial charge in [-0.15, -0.1) is 0 Å². The first-order valence-corrected chi connectivity index (χ1v) is 8.80. The molecule has 0 spiro atoms. The molecule has 160 valence electrons. The second-order valence-corrected chi connectivity index (χ2v) is 6.74. The van der Waals surface area contributed by atoms with E-state index in [9.17, 15) is 19.2 Å². The summed E-state index contributed by atoms with van der Waals surface area (Å²) in [4.78, 5) is 50.4. The minimum atomic E-state index is -1.63. The number of nitrogens with one attached hydrogen (secondary N) is 2. The van der Waals surface area contributed by atoms with Crippen molar-refractivity contribution < 1.29 is 29.4 Å². The molecule has 0 saturated heterocycles. The summed E-state index contributed by atoms with van der Waals surface area (Å²) in [6.45, 7) is 3.96. The highest BCUT2D eigenvalue weighted by molar-refractivity contribution is 5.92. The summed E-state index contributed by atoms with van der Waals surface area (Å²) in [6, 6.07) is -3.59. The molecule has 0 aliphatic heterocycles. The van der Waals surface area contributed by atoms with Crippen LogP contribution in [-0.4, -0.2) is 64.6 Å². The van der Waals surface area contributed by atoms with E-state index < -0.39 is 48.3 Å². The number of guanidine groups is 1. The highest BCUT2D eigenvalue weighted by Gasteiger charge is 2.29. The molecule has 12 heteroatoms. The van der Waals surface area contributed by atoms with E-state index in [4.69, 9.17) is 27.4 Å². The maximum Gasteiger partial charge on any atom is 0.326 e. The van der Waals surface area contributed by atoms with Crippen LogP contribution in [0.25, 0.3) is 0 Å². The number of carbonyl (C=O) groups excluding carboxylic acids is 2. The van der Waals surface area contributed by atoms with E-state index in [1.165, 1.54) is 0 Å². The average Bonchev–Trinajstić information content (AvgIpc) is 2.55. The Kier molecular flexibility index (Phi) is 11.2. The summed E-state index contributed by atoms with van der Waals surface area (Å²) in [6.07, 6.45) is 0.00204. The number of hydrogen-bond donors (Lipinski definition) is 7. The Morgan fingerprint density at radius 3 is 2.04 bits per heavy atom. The minimum Gasteiger partial charge on any atom is -0.481 e. The molecule has 3 atom stereocenters. The van der Waals surface area contributed by atoms with E-state index in [2.05, 4.69) is 15.6 Å². The lowest BCUT2D eigenvalue weighted by Gasteiger charge is -2.23. The van der Waals surface area contributed by atoms with E-state index in [-0.39, 0.29) is 24.8 Å². The van der Waals surface area contributed by atoms with Gasteiger partial charge >= 0.3 is 11.9 Å². The number of nitrogens with two attached hydrogens (primary N) is 3. The molecular weight excluding hydrogens is 372 g/mol. The van der Waals surface area contributed by atoms with Crippen molar-refractivity contribution in [2.45, 2.75) is 57.7 Å². The molecule has 0 aliphatic carbocycles. The lowest BCUT2D eigenvalue weighted by Crippen LogP contribution is -2.54. The van der Waals surface area contributed by atoms with Crippen molar-refractivity contribution >= 4 is 29.7 Å². The van der Waals surface area contributed by atoms with E-state index in [1.54, 1.807) is 0 Å². The second kappa shape index (κ2) is 12.5. The number of carbonyl (C=O) groups is 4. The average molecular weight is 402 g/mol. The van der Waals surface area contributed by atoms with E-state index in [0.29, 0.717) is 12.8 Å². The van der Waals surface area contributed by atoms with Crippen LogP contribution in [-0.2, 0) is 19.2 Å². The van der Waals surface area contributed by atoms with Gasteiger partial charge in [0.1, 0.15) is 12.1 Å². The van der Waals surface area contributed by atoms with Gasteiger partial charge in [-0.1, -0.05) is 13.8 Å². The number of hydrogen-bond acceptors (Lipinski definition) is 6. The third-order valence-corrected chi connectivity index (χ3v) is 3.63. The van der Waals surface area contributed by atoms with Crippen LogP contribution in [0.4, 0.5) is 0 Å². The predicted octanol–water partition coefficient (Wildman–Crippen LogP) is -2.06. The van der Waals surface area contributed by atoms with Crippen LogP contribution in [0.15, 0.2) is 4.99 Å². The first-order chi connectivity index (χ1) is 12.9. The molecule has 0 unspecified atom stereocenters. The van der Waals surface area contributed by atoms with Gasteiger partial charge in [0.05, 0.1) is 12.5 Å². The molecule has 2 amide bonds. The molecule has 0 radical (unpaired) electrons. The zero-order valence-corrected chi connectivity index (χ0v) is 16.1. The van der Waals surface area contributed by atoms with E-state index >= 15 is 0 Å². The number of carboxylic acids is 2. The molecule has 0 aromatic heterocycles. The summed E-state index contributed by atoms with van der Waals surface area (Å²) >= 11 is 0. The summed E-state index contributed by atoms with van der Waals surface area (Å²) in [7, 11) is 0. The van der Waals surface area contributed by atoms with Crippen molar-refractivity contribution in [3.63, 3.8) is 0 Å². The summed E-state index contributed by atoms with van der Waals surface area (Å²) in [5.41, 5.74) is 16.3. The van der Waals surface area contributed by atoms with E-state index in [1.807, 2.05) is 13.8 Å². The van der Waals surface area contributed by atoms with Gasteiger partial charge in [-0.2, -0.15) is 0 Å². The van der Waals surface area contributed by atoms with Gasteiger partial charge in [-0.3, -0.25) is 19.4 Å². The van der Waals surface area contributed by atoms with Crippen molar-refractivity contribution in [2.75, 3.05) is 6.54 Å². The fourth-order valence-corrected chi connectivity index (χ4v) is 2.31. The summed E-state index contributed by atoms with van der Waals surface area (Å²) in [5, 5.41) is 22.4. The SMILES string of the molecule is CC(C)C[C@H](N)C(=O)N[C@@H](CCCN=C(N)N)C(=O)N[C@H](CC(=O)O)C(=O)O. The largest absolute Gasteiger partial charge is 0.481 e. The quantitative estimate of drug-likeness (QED) is 0.102. The Morgan fingerprint density at radius 1 is 1.00 bits per heavy atom. The summed E-state index contributed by atoms with van der Waals surface area (Å²) in [5.74, 6) is -4.26. The number of rotatable bonds is 13. The Balaban J connectivity index is 5.14. The minimum absolute atomic E-state index is 0.0994. The Bertz CT molecular complexity index is 590. The van der Waals surface area contributed by atoms with E-state index in [0.717, 1.165) is 0 Å². The fourth-order valence-electron chi connectivity index (χ4n) is 2.31. The molecule has 0 rings (SSSR count). The van der Waals surface area contributed by atoms with Gasteiger partial charge in [0.15, 0.2) is 5.96 Å². The van der Waals surface area contributed by atoms with Gasteiger partial charge in [0, 0.05) is 6.54 Å². The first kappa shape index (κ1) is 25.1. The van der Waals surface area contributed by atoms with Gasteiger partial charge in [-0.25, -0.2) is 4.79 Å². The molecule has 28 heavy (non-hydrogen) atoms. The molecule has 0 fully saturated rings. The number of amides is 2. The zero-order chi connectivity index (χ0) is 21.9. The van der Waals surface area contributed by atoms with Crippen LogP contribution in [0.3, 0.4) is 0 Å². The fraction of sp³-hybridized carbons (Fsp3) is 0.688. The molecule has 0 saturated carbocycles. The third kappa shape index (κ3) is 11.0. The van der Waals surface area contributed by atoms with Gasteiger partial charge in [0.2, 0.25) is 11.8 Å². The zero-order valence-electron chi connectivity index (χ0n) is 16.1. The Hall–Kier alpha value is -2.89. The highest BCUT2D eigenvalue weighted by atomic mass is 16.4. The number of aliphatic imine (C=N–C) groups is 1. The van der Waals surface area contributed by atoms with Crippen molar-refractivity contribution in [2.24, 2.45) is 28.1 Å². The smallest absolute Gasteiger partial charge is 0.326 e. The molecular formula is C16H30N6O6. The lowest BCUT2D eigenvalue weighted by molar-refractivity contribution is -0.147. The van der Waals surface area contributed by atoms with Crippen molar-refractivity contribution in [1.29, 1.82) is 0 Å². The van der Waals surface area contributed by atoms with Crippen LogP contribution in [0.1, 0.15) is 39.5 Å². The van der Waals surface area contributed by atoms with Crippen molar-refractivity contribution in [1.82, 2.24) is 10.6 Å². The molecule has 0 bridgehead atoms. The lowest BCUT2D eigenvalue weighted by atomic mass is 10.0. The second-order valence-electron chi connectivity index (χ2n) is 6.74. The summed E-state index contributed by atoms with van der Waals surface area (Å²) < 4.78 is 0. The highest BCUT2D eigenvalue weighted by Crippen LogP contribution is 2.06. The number of aliphatic carboxylic acids is 2. The molecule has 0 heterocycles. The topological polar surface area (TPSA) is 223 Å². The van der Waals surface area contributed by atoms with Crippen molar-refractivity contribution in [3.8, 4) is 0 Å². The maximum atomic E-state index is 12.4. The van der Waals surface area contributed by atoms with Gasteiger partial charge < -0.3 is 38.0 Å². The standard InChI is InChI=1S/C16H30N6O6/c1-8(2)6-9(17)13(25)21-10(4-3-5-20-16(18)19)14(26)22-11(15(27)28)7-12(23)24/h8-11H,3-7,17H2,1-2H3,(H,21,25)(H,22,26)(H,23,24)(H,27,28)(H4,18,19,20)/t9-,10-,11+/m0/s1. The third-order valence-electron chi connectivity index (χ3n) is 3.63. The normalized spacial score (nSPS) is 13.9. The number of carboxylic acid groups (broad SMARTS) is 2. The predicted molar refractivity (Wildman–Crippen MR) is 101 cm³/mol. The molecule has 12 nitrogen and oxygen atoms in total. The molecule has 0 aromatic rings. The molecule has 0 aliphatic rings. The molecule has 0 aromatic carbocycles. The maximum absolute atomic E-state index is 12.4. The number of nitrogens with zero attached hydrogens (tertiary/aromatic N) is 1. The van der Waals surface area contributed by atoms with Gasteiger partial charge in [0.25, 0.3) is 0 Å². The van der Waals surface area contributed by atoms with Crippen LogP contribution in [0.2, 0.25) is 0 Å².